The van der Waals surface area contributed by atoms with Crippen molar-refractivity contribution in [3.05, 3.63) is 51.8 Å². The quantitative estimate of drug-likeness (QED) is 0.925. The summed E-state index contributed by atoms with van der Waals surface area (Å²) in [5, 5.41) is 0. The third-order valence-corrected chi connectivity index (χ3v) is 4.07. The molecule has 0 saturated carbocycles. The van der Waals surface area contributed by atoms with Crippen molar-refractivity contribution in [2.24, 2.45) is 0 Å². The summed E-state index contributed by atoms with van der Waals surface area (Å²) >= 11 is 3.50. The SMILES string of the molecule is Fc1ccc(Br)c2c1CN(Cc1cnc[nH]1)CC2. The second-order valence-corrected chi connectivity index (χ2v) is 5.38. The molecule has 0 unspecified atom stereocenters. The highest BCUT2D eigenvalue weighted by atomic mass is 79.9. The van der Waals surface area contributed by atoms with Gasteiger partial charge in [0.2, 0.25) is 0 Å². The predicted molar refractivity (Wildman–Crippen MR) is 70.5 cm³/mol. The number of benzene rings is 1. The third-order valence-electron chi connectivity index (χ3n) is 3.33. The molecule has 3 nitrogen and oxygen atoms in total. The highest BCUT2D eigenvalue weighted by molar-refractivity contribution is 9.10. The van der Waals surface area contributed by atoms with Crippen LogP contribution >= 0.6 is 15.9 Å². The Morgan fingerprint density at radius 2 is 2.28 bits per heavy atom. The molecule has 1 N–H and O–H groups in total. The van der Waals surface area contributed by atoms with E-state index in [-0.39, 0.29) is 5.82 Å². The molecule has 5 heteroatoms. The first kappa shape index (κ1) is 11.9. The van der Waals surface area contributed by atoms with Gasteiger partial charge in [0.1, 0.15) is 5.82 Å². The summed E-state index contributed by atoms with van der Waals surface area (Å²) in [5.41, 5.74) is 2.99. The van der Waals surface area contributed by atoms with Crippen molar-refractivity contribution in [2.45, 2.75) is 19.5 Å². The zero-order valence-electron chi connectivity index (χ0n) is 9.79. The third kappa shape index (κ3) is 2.20. The van der Waals surface area contributed by atoms with Gasteiger partial charge in [-0.05, 0) is 24.1 Å². The lowest BCUT2D eigenvalue weighted by molar-refractivity contribution is 0.238. The van der Waals surface area contributed by atoms with Gasteiger partial charge in [-0.15, -0.1) is 0 Å². The highest BCUT2D eigenvalue weighted by Crippen LogP contribution is 2.29. The number of fused-ring (bicyclic) bond motifs is 1. The monoisotopic (exact) mass is 309 g/mol. The Labute approximate surface area is 113 Å². The topological polar surface area (TPSA) is 31.9 Å². The van der Waals surface area contributed by atoms with Crippen LogP contribution < -0.4 is 0 Å². The average molecular weight is 310 g/mol. The molecule has 0 saturated heterocycles. The molecule has 18 heavy (non-hydrogen) atoms. The number of hydrogen-bond acceptors (Lipinski definition) is 2. The van der Waals surface area contributed by atoms with Crippen LogP contribution in [-0.4, -0.2) is 21.4 Å². The second-order valence-electron chi connectivity index (χ2n) is 4.52. The summed E-state index contributed by atoms with van der Waals surface area (Å²) in [7, 11) is 0. The van der Waals surface area contributed by atoms with Crippen LogP contribution in [0.2, 0.25) is 0 Å². The van der Waals surface area contributed by atoms with Gasteiger partial charge in [-0.25, -0.2) is 9.37 Å². The number of H-pyrrole nitrogens is 1. The Kier molecular flexibility index (Phi) is 3.18. The van der Waals surface area contributed by atoms with E-state index in [0.29, 0.717) is 6.54 Å². The fourth-order valence-electron chi connectivity index (χ4n) is 2.40. The van der Waals surface area contributed by atoms with Crippen LogP contribution in [0.5, 0.6) is 0 Å². The Hall–Kier alpha value is -1.20. The molecule has 0 aliphatic carbocycles. The normalized spacial score (nSPS) is 15.7. The van der Waals surface area contributed by atoms with Gasteiger partial charge in [-0.2, -0.15) is 0 Å². The molecule has 1 aliphatic rings. The summed E-state index contributed by atoms with van der Waals surface area (Å²) in [6.45, 7) is 2.37. The summed E-state index contributed by atoms with van der Waals surface area (Å²) in [5.74, 6) is -0.109. The maximum atomic E-state index is 13.8. The van der Waals surface area contributed by atoms with Crippen LogP contribution in [0.15, 0.2) is 29.1 Å². The van der Waals surface area contributed by atoms with Gasteiger partial charge in [-0.3, -0.25) is 4.90 Å². The smallest absolute Gasteiger partial charge is 0.128 e. The number of halogens is 2. The molecule has 2 aromatic rings. The van der Waals surface area contributed by atoms with E-state index in [4.69, 9.17) is 0 Å². The molecule has 1 aromatic heterocycles. The van der Waals surface area contributed by atoms with Gasteiger partial charge in [0.25, 0.3) is 0 Å². The van der Waals surface area contributed by atoms with Crippen molar-refractivity contribution >= 4 is 15.9 Å². The Morgan fingerprint density at radius 1 is 1.39 bits per heavy atom. The summed E-state index contributed by atoms with van der Waals surface area (Å²) in [4.78, 5) is 9.31. The van der Waals surface area contributed by atoms with Crippen molar-refractivity contribution in [1.82, 2.24) is 14.9 Å². The van der Waals surface area contributed by atoms with Crippen LogP contribution in [0.1, 0.15) is 16.8 Å². The zero-order valence-corrected chi connectivity index (χ0v) is 11.4. The molecular formula is C13H13BrFN3. The number of hydrogen-bond donors (Lipinski definition) is 1. The minimum absolute atomic E-state index is 0.109. The number of aromatic amines is 1. The standard InChI is InChI=1S/C13H13BrFN3/c14-12-1-2-13(15)11-7-18(4-3-10(11)12)6-9-5-16-8-17-9/h1-2,5,8H,3-4,6-7H2,(H,16,17). The largest absolute Gasteiger partial charge is 0.347 e. The number of imidazole rings is 1. The van der Waals surface area contributed by atoms with Crippen LogP contribution in [0.3, 0.4) is 0 Å². The molecule has 94 valence electrons. The van der Waals surface area contributed by atoms with Gasteiger partial charge in [0, 0.05) is 41.6 Å². The van der Waals surface area contributed by atoms with Gasteiger partial charge >= 0.3 is 0 Å². The molecule has 0 fully saturated rings. The van der Waals surface area contributed by atoms with Crippen molar-refractivity contribution in [3.8, 4) is 0 Å². The number of nitrogens with zero attached hydrogens (tertiary/aromatic N) is 2. The predicted octanol–water partition coefficient (Wildman–Crippen LogP) is 2.87. The van der Waals surface area contributed by atoms with E-state index >= 15 is 0 Å². The molecule has 0 amide bonds. The van der Waals surface area contributed by atoms with E-state index in [1.165, 1.54) is 6.07 Å². The molecule has 1 aliphatic heterocycles. The zero-order chi connectivity index (χ0) is 12.5. The Bertz CT molecular complexity index is 554. The number of rotatable bonds is 2. The van der Waals surface area contributed by atoms with E-state index < -0.39 is 0 Å². The van der Waals surface area contributed by atoms with Crippen LogP contribution in [0, 0.1) is 5.82 Å². The number of nitrogens with one attached hydrogen (secondary N) is 1. The molecule has 1 aromatic carbocycles. The van der Waals surface area contributed by atoms with Crippen molar-refractivity contribution < 1.29 is 4.39 Å². The highest BCUT2D eigenvalue weighted by Gasteiger charge is 2.21. The van der Waals surface area contributed by atoms with Crippen molar-refractivity contribution in [1.29, 1.82) is 0 Å². The molecule has 0 bridgehead atoms. The van der Waals surface area contributed by atoms with Gasteiger partial charge in [0.05, 0.1) is 6.33 Å². The Morgan fingerprint density at radius 3 is 3.06 bits per heavy atom. The van der Waals surface area contributed by atoms with E-state index in [2.05, 4.69) is 30.8 Å². The minimum atomic E-state index is -0.109. The fraction of sp³-hybridized carbons (Fsp3) is 0.308. The fourth-order valence-corrected chi connectivity index (χ4v) is 2.97. The molecule has 3 rings (SSSR count). The lowest BCUT2D eigenvalue weighted by Crippen LogP contribution is -2.31. The first-order chi connectivity index (χ1) is 8.74. The summed E-state index contributed by atoms with van der Waals surface area (Å²) in [6, 6.07) is 3.32. The Balaban J connectivity index is 1.82. The first-order valence-electron chi connectivity index (χ1n) is 5.89. The maximum Gasteiger partial charge on any atom is 0.128 e. The number of aromatic nitrogens is 2. The van der Waals surface area contributed by atoms with E-state index in [9.17, 15) is 4.39 Å². The molecule has 0 radical (unpaired) electrons. The first-order valence-corrected chi connectivity index (χ1v) is 6.68. The van der Waals surface area contributed by atoms with Gasteiger partial charge in [-0.1, -0.05) is 15.9 Å². The van der Waals surface area contributed by atoms with Crippen LogP contribution in [-0.2, 0) is 19.5 Å². The molecule has 2 heterocycles. The average Bonchev–Trinajstić information content (AvgIpc) is 2.87. The van der Waals surface area contributed by atoms with Gasteiger partial charge in [0.15, 0.2) is 0 Å². The lowest BCUT2D eigenvalue weighted by Gasteiger charge is -2.29. The second kappa shape index (κ2) is 4.82. The van der Waals surface area contributed by atoms with E-state index in [1.54, 1.807) is 12.4 Å². The molecule has 0 atom stereocenters. The summed E-state index contributed by atoms with van der Waals surface area (Å²) < 4.78 is 14.8. The molecular weight excluding hydrogens is 297 g/mol. The summed E-state index contributed by atoms with van der Waals surface area (Å²) in [6.07, 6.45) is 4.36. The lowest BCUT2D eigenvalue weighted by atomic mass is 9.99. The van der Waals surface area contributed by atoms with Crippen molar-refractivity contribution in [2.75, 3.05) is 6.54 Å². The maximum absolute atomic E-state index is 13.8. The van der Waals surface area contributed by atoms with Gasteiger partial charge < -0.3 is 4.98 Å². The van der Waals surface area contributed by atoms with Crippen molar-refractivity contribution in [3.63, 3.8) is 0 Å². The van der Waals surface area contributed by atoms with Crippen LogP contribution in [0.4, 0.5) is 4.39 Å². The van der Waals surface area contributed by atoms with E-state index in [1.807, 2.05) is 6.20 Å². The molecule has 0 spiro atoms. The minimum Gasteiger partial charge on any atom is -0.347 e. The van der Waals surface area contributed by atoms with Crippen LogP contribution in [0.25, 0.3) is 0 Å². The van der Waals surface area contributed by atoms with E-state index in [0.717, 1.165) is 40.8 Å².